The number of hydrogen-bond acceptors (Lipinski definition) is 3. The lowest BCUT2D eigenvalue weighted by molar-refractivity contribution is -0.129. The fraction of sp³-hybridized carbons (Fsp3) is 0.385. The molecular weight excluding hydrogens is 312 g/mol. The molecule has 1 N–H and O–H groups in total. The van der Waals surface area contributed by atoms with Crippen molar-refractivity contribution in [2.45, 2.75) is 6.92 Å². The van der Waals surface area contributed by atoms with Crippen LogP contribution in [-0.4, -0.2) is 48.1 Å². The number of carboxylic acid groups (broad SMARTS) is 1. The molecule has 1 saturated heterocycles. The van der Waals surface area contributed by atoms with Gasteiger partial charge in [-0.1, -0.05) is 0 Å². The number of amides is 1. The predicted molar refractivity (Wildman–Crippen MR) is 75.6 cm³/mol. The smallest absolute Gasteiger partial charge is 0.336 e. The Balaban J connectivity index is 2.10. The minimum absolute atomic E-state index is 0.0991. The maximum absolute atomic E-state index is 11.3. The predicted octanol–water partition coefficient (Wildman–Crippen LogP) is 1.82. The van der Waals surface area contributed by atoms with Gasteiger partial charge in [-0.2, -0.15) is 0 Å². The van der Waals surface area contributed by atoms with Crippen molar-refractivity contribution in [1.82, 2.24) is 4.90 Å². The first kappa shape index (κ1) is 13.9. The number of anilines is 1. The van der Waals surface area contributed by atoms with Crippen LogP contribution in [0.5, 0.6) is 0 Å². The third-order valence-electron chi connectivity index (χ3n) is 3.27. The molecule has 0 atom stereocenters. The molecule has 1 aromatic rings. The van der Waals surface area contributed by atoms with Crippen LogP contribution in [0.25, 0.3) is 0 Å². The normalized spacial score (nSPS) is 15.5. The fourth-order valence-electron chi connectivity index (χ4n) is 2.15. The van der Waals surface area contributed by atoms with Gasteiger partial charge in [0.05, 0.1) is 5.56 Å². The number of hydrogen-bond donors (Lipinski definition) is 1. The summed E-state index contributed by atoms with van der Waals surface area (Å²) in [6.07, 6.45) is 0. The Morgan fingerprint density at radius 1 is 1.21 bits per heavy atom. The molecule has 0 bridgehead atoms. The van der Waals surface area contributed by atoms with E-state index in [1.165, 1.54) is 0 Å². The second-order valence-corrected chi connectivity index (χ2v) is 5.32. The van der Waals surface area contributed by atoms with Gasteiger partial charge in [-0.05, 0) is 34.1 Å². The van der Waals surface area contributed by atoms with E-state index < -0.39 is 5.97 Å². The van der Waals surface area contributed by atoms with Gasteiger partial charge in [0.1, 0.15) is 0 Å². The van der Waals surface area contributed by atoms with E-state index in [4.69, 9.17) is 5.11 Å². The van der Waals surface area contributed by atoms with Crippen LogP contribution >= 0.6 is 15.9 Å². The van der Waals surface area contributed by atoms with Crippen molar-refractivity contribution in [3.05, 3.63) is 28.2 Å². The SMILES string of the molecule is CC(=O)N1CCN(c2ccc(C(=O)O)c(Br)c2)CC1. The van der Waals surface area contributed by atoms with E-state index in [0.717, 1.165) is 18.8 Å². The van der Waals surface area contributed by atoms with Gasteiger partial charge in [0.2, 0.25) is 5.91 Å². The van der Waals surface area contributed by atoms with E-state index in [9.17, 15) is 9.59 Å². The summed E-state index contributed by atoms with van der Waals surface area (Å²) in [5, 5.41) is 8.97. The first-order valence-corrected chi connectivity index (χ1v) is 6.81. The number of nitrogens with zero attached hydrogens (tertiary/aromatic N) is 2. The van der Waals surface area contributed by atoms with Crippen LogP contribution in [0.1, 0.15) is 17.3 Å². The highest BCUT2D eigenvalue weighted by Gasteiger charge is 2.19. The van der Waals surface area contributed by atoms with Crippen molar-refractivity contribution < 1.29 is 14.7 Å². The quantitative estimate of drug-likeness (QED) is 0.900. The monoisotopic (exact) mass is 326 g/mol. The first-order valence-electron chi connectivity index (χ1n) is 6.02. The summed E-state index contributed by atoms with van der Waals surface area (Å²) < 4.78 is 0.575. The van der Waals surface area contributed by atoms with Crippen LogP contribution in [0.4, 0.5) is 5.69 Å². The van der Waals surface area contributed by atoms with Gasteiger partial charge in [0.15, 0.2) is 0 Å². The van der Waals surface area contributed by atoms with Crippen molar-refractivity contribution >= 4 is 33.5 Å². The summed E-state index contributed by atoms with van der Waals surface area (Å²) in [6.45, 7) is 4.51. The number of benzene rings is 1. The van der Waals surface area contributed by atoms with E-state index in [0.29, 0.717) is 17.6 Å². The Hall–Kier alpha value is -1.56. The van der Waals surface area contributed by atoms with Crippen LogP contribution in [0.2, 0.25) is 0 Å². The molecule has 102 valence electrons. The lowest BCUT2D eigenvalue weighted by Crippen LogP contribution is -2.48. The maximum atomic E-state index is 11.3. The van der Waals surface area contributed by atoms with Gasteiger partial charge < -0.3 is 14.9 Å². The second kappa shape index (κ2) is 5.61. The first-order chi connectivity index (χ1) is 8.99. The molecule has 1 aliphatic heterocycles. The van der Waals surface area contributed by atoms with E-state index in [1.807, 2.05) is 11.0 Å². The molecule has 1 fully saturated rings. The highest BCUT2D eigenvalue weighted by molar-refractivity contribution is 9.10. The molecular formula is C13H15BrN2O3. The van der Waals surface area contributed by atoms with Crippen LogP contribution < -0.4 is 4.90 Å². The third kappa shape index (κ3) is 3.07. The molecule has 1 aliphatic rings. The lowest BCUT2D eigenvalue weighted by Gasteiger charge is -2.35. The van der Waals surface area contributed by atoms with Gasteiger partial charge in [-0.15, -0.1) is 0 Å². The van der Waals surface area contributed by atoms with Gasteiger partial charge >= 0.3 is 5.97 Å². The molecule has 0 aromatic heterocycles. The second-order valence-electron chi connectivity index (χ2n) is 4.46. The number of carbonyl (C=O) groups excluding carboxylic acids is 1. The molecule has 0 saturated carbocycles. The van der Waals surface area contributed by atoms with Crippen LogP contribution in [0.15, 0.2) is 22.7 Å². The summed E-state index contributed by atoms with van der Waals surface area (Å²) >= 11 is 3.28. The number of rotatable bonds is 2. The van der Waals surface area contributed by atoms with Crippen LogP contribution in [0, 0.1) is 0 Å². The summed E-state index contributed by atoms with van der Waals surface area (Å²) in [4.78, 5) is 26.2. The number of aromatic carboxylic acids is 1. The standard InChI is InChI=1S/C13H15BrN2O3/c1-9(17)15-4-6-16(7-5-15)10-2-3-11(13(18)19)12(14)8-10/h2-3,8H,4-7H2,1H3,(H,18,19). The zero-order chi connectivity index (χ0) is 14.0. The fourth-order valence-corrected chi connectivity index (χ4v) is 2.69. The Kier molecular flexibility index (Phi) is 4.09. The summed E-state index contributed by atoms with van der Waals surface area (Å²) in [7, 11) is 0. The number of halogens is 1. The zero-order valence-electron chi connectivity index (χ0n) is 10.6. The summed E-state index contributed by atoms with van der Waals surface area (Å²) in [5.74, 6) is -0.845. The zero-order valence-corrected chi connectivity index (χ0v) is 12.2. The summed E-state index contributed by atoms with van der Waals surface area (Å²) in [5.41, 5.74) is 1.23. The van der Waals surface area contributed by atoms with Gasteiger partial charge in [0.25, 0.3) is 0 Å². The minimum atomic E-state index is -0.945. The van der Waals surface area contributed by atoms with Crippen LogP contribution in [-0.2, 0) is 4.79 Å². The molecule has 0 radical (unpaired) electrons. The Labute approximate surface area is 119 Å². The van der Waals surface area contributed by atoms with Crippen molar-refractivity contribution in [2.24, 2.45) is 0 Å². The highest BCUT2D eigenvalue weighted by Crippen LogP contribution is 2.25. The number of carboxylic acids is 1. The molecule has 1 heterocycles. The Morgan fingerprint density at radius 3 is 2.32 bits per heavy atom. The molecule has 19 heavy (non-hydrogen) atoms. The number of piperazine rings is 1. The van der Waals surface area contributed by atoms with Gasteiger partial charge in [-0.3, -0.25) is 4.79 Å². The Bertz CT molecular complexity index is 511. The number of carbonyl (C=O) groups is 2. The van der Waals surface area contributed by atoms with E-state index >= 15 is 0 Å². The molecule has 0 spiro atoms. The molecule has 2 rings (SSSR count). The van der Waals surface area contributed by atoms with Crippen molar-refractivity contribution in [2.75, 3.05) is 31.1 Å². The maximum Gasteiger partial charge on any atom is 0.336 e. The molecule has 1 amide bonds. The van der Waals surface area contributed by atoms with Crippen molar-refractivity contribution in [1.29, 1.82) is 0 Å². The molecule has 5 nitrogen and oxygen atoms in total. The van der Waals surface area contributed by atoms with Crippen molar-refractivity contribution in [3.8, 4) is 0 Å². The van der Waals surface area contributed by atoms with E-state index in [1.54, 1.807) is 19.1 Å². The topological polar surface area (TPSA) is 60.9 Å². The average Bonchev–Trinajstić information content (AvgIpc) is 2.38. The van der Waals surface area contributed by atoms with E-state index in [2.05, 4.69) is 20.8 Å². The average molecular weight is 327 g/mol. The van der Waals surface area contributed by atoms with E-state index in [-0.39, 0.29) is 11.5 Å². The van der Waals surface area contributed by atoms with Crippen molar-refractivity contribution in [3.63, 3.8) is 0 Å². The molecule has 6 heteroatoms. The third-order valence-corrected chi connectivity index (χ3v) is 3.93. The van der Waals surface area contributed by atoms with Gasteiger partial charge in [0, 0.05) is 43.3 Å². The van der Waals surface area contributed by atoms with Crippen LogP contribution in [0.3, 0.4) is 0 Å². The summed E-state index contributed by atoms with van der Waals surface area (Å²) in [6, 6.07) is 5.21. The molecule has 1 aromatic carbocycles. The Morgan fingerprint density at radius 2 is 1.84 bits per heavy atom. The molecule has 0 aliphatic carbocycles. The lowest BCUT2D eigenvalue weighted by atomic mass is 10.2. The minimum Gasteiger partial charge on any atom is -0.478 e. The molecule has 0 unspecified atom stereocenters. The highest BCUT2D eigenvalue weighted by atomic mass is 79.9. The largest absolute Gasteiger partial charge is 0.478 e. The van der Waals surface area contributed by atoms with Gasteiger partial charge in [-0.25, -0.2) is 4.79 Å².